The van der Waals surface area contributed by atoms with E-state index in [2.05, 4.69) is 43.0 Å². The summed E-state index contributed by atoms with van der Waals surface area (Å²) >= 11 is 0. The summed E-state index contributed by atoms with van der Waals surface area (Å²) in [6.07, 6.45) is 6.86. The molecular formula is C17H28N2. The van der Waals surface area contributed by atoms with Crippen molar-refractivity contribution < 1.29 is 0 Å². The molecule has 0 radical (unpaired) electrons. The number of hydrogen-bond donors (Lipinski definition) is 1. The van der Waals surface area contributed by atoms with E-state index < -0.39 is 0 Å². The summed E-state index contributed by atoms with van der Waals surface area (Å²) in [6.45, 7) is 6.35. The Bertz CT molecular complexity index is 371. The van der Waals surface area contributed by atoms with Gasteiger partial charge in [-0.15, -0.1) is 0 Å². The van der Waals surface area contributed by atoms with Crippen molar-refractivity contribution in [2.75, 3.05) is 11.4 Å². The Kier molecular flexibility index (Phi) is 5.26. The SMILES string of the molecule is CCC1CCCCC1N(CC)c1ccc(CN)cc1. The molecule has 1 saturated carbocycles. The lowest BCUT2D eigenvalue weighted by Gasteiger charge is -2.41. The van der Waals surface area contributed by atoms with Gasteiger partial charge in [-0.25, -0.2) is 0 Å². The van der Waals surface area contributed by atoms with E-state index in [1.54, 1.807) is 0 Å². The van der Waals surface area contributed by atoms with Crippen LogP contribution in [0.15, 0.2) is 24.3 Å². The number of rotatable bonds is 5. The molecule has 1 fully saturated rings. The lowest BCUT2D eigenvalue weighted by atomic mass is 9.81. The molecule has 2 rings (SSSR count). The second kappa shape index (κ2) is 6.95. The molecule has 1 aliphatic carbocycles. The smallest absolute Gasteiger partial charge is 0.0368 e. The van der Waals surface area contributed by atoms with Crippen LogP contribution in [0.1, 0.15) is 51.5 Å². The first-order valence-electron chi connectivity index (χ1n) is 7.85. The summed E-state index contributed by atoms with van der Waals surface area (Å²) in [7, 11) is 0. The lowest BCUT2D eigenvalue weighted by molar-refractivity contribution is 0.287. The average molecular weight is 260 g/mol. The van der Waals surface area contributed by atoms with E-state index in [1.807, 2.05) is 0 Å². The van der Waals surface area contributed by atoms with Gasteiger partial charge in [-0.2, -0.15) is 0 Å². The first kappa shape index (κ1) is 14.4. The fourth-order valence-corrected chi connectivity index (χ4v) is 3.51. The van der Waals surface area contributed by atoms with Crippen molar-refractivity contribution in [3.8, 4) is 0 Å². The van der Waals surface area contributed by atoms with Gasteiger partial charge in [-0.3, -0.25) is 0 Å². The van der Waals surface area contributed by atoms with Crippen molar-refractivity contribution in [1.82, 2.24) is 0 Å². The zero-order valence-corrected chi connectivity index (χ0v) is 12.4. The number of anilines is 1. The van der Waals surface area contributed by atoms with E-state index in [1.165, 1.54) is 43.4 Å². The van der Waals surface area contributed by atoms with Crippen molar-refractivity contribution in [2.45, 2.75) is 58.5 Å². The Hall–Kier alpha value is -1.02. The van der Waals surface area contributed by atoms with Crippen molar-refractivity contribution in [2.24, 2.45) is 11.7 Å². The zero-order chi connectivity index (χ0) is 13.7. The van der Waals surface area contributed by atoms with Gasteiger partial charge in [0.25, 0.3) is 0 Å². The molecule has 2 unspecified atom stereocenters. The maximum absolute atomic E-state index is 5.68. The molecule has 0 spiro atoms. The van der Waals surface area contributed by atoms with Crippen molar-refractivity contribution in [1.29, 1.82) is 0 Å². The van der Waals surface area contributed by atoms with Crippen LogP contribution in [0.3, 0.4) is 0 Å². The van der Waals surface area contributed by atoms with Gasteiger partial charge < -0.3 is 10.6 Å². The average Bonchev–Trinajstić information content (AvgIpc) is 2.49. The van der Waals surface area contributed by atoms with Gasteiger partial charge in [0.1, 0.15) is 0 Å². The maximum atomic E-state index is 5.68. The number of nitrogens with zero attached hydrogens (tertiary/aromatic N) is 1. The van der Waals surface area contributed by atoms with Gasteiger partial charge in [0, 0.05) is 24.8 Å². The van der Waals surface area contributed by atoms with Gasteiger partial charge in [0.05, 0.1) is 0 Å². The Balaban J connectivity index is 2.17. The molecule has 2 N–H and O–H groups in total. The predicted octanol–water partition coefficient (Wildman–Crippen LogP) is 3.94. The minimum Gasteiger partial charge on any atom is -0.369 e. The first-order valence-corrected chi connectivity index (χ1v) is 7.85. The van der Waals surface area contributed by atoms with E-state index in [9.17, 15) is 0 Å². The Morgan fingerprint density at radius 1 is 1.11 bits per heavy atom. The van der Waals surface area contributed by atoms with Crippen LogP contribution in [0, 0.1) is 5.92 Å². The second-order valence-electron chi connectivity index (χ2n) is 5.68. The van der Waals surface area contributed by atoms with Crippen LogP contribution in [0.25, 0.3) is 0 Å². The van der Waals surface area contributed by atoms with Crippen LogP contribution in [0.4, 0.5) is 5.69 Å². The summed E-state index contributed by atoms with van der Waals surface area (Å²) in [5, 5.41) is 0. The van der Waals surface area contributed by atoms with E-state index in [0.29, 0.717) is 6.54 Å². The summed E-state index contributed by atoms with van der Waals surface area (Å²) in [6, 6.07) is 9.55. The van der Waals surface area contributed by atoms with Crippen LogP contribution in [-0.4, -0.2) is 12.6 Å². The molecule has 0 bridgehead atoms. The molecular weight excluding hydrogens is 232 g/mol. The maximum Gasteiger partial charge on any atom is 0.0368 e. The molecule has 106 valence electrons. The van der Waals surface area contributed by atoms with Crippen molar-refractivity contribution >= 4 is 5.69 Å². The number of nitrogens with two attached hydrogens (primary N) is 1. The monoisotopic (exact) mass is 260 g/mol. The van der Waals surface area contributed by atoms with E-state index in [-0.39, 0.29) is 0 Å². The standard InChI is InChI=1S/C17H28N2/c1-3-15-7-5-6-8-17(15)19(4-2)16-11-9-14(13-18)10-12-16/h9-12,15,17H,3-8,13,18H2,1-2H3. The third-order valence-electron chi connectivity index (χ3n) is 4.64. The fourth-order valence-electron chi connectivity index (χ4n) is 3.51. The van der Waals surface area contributed by atoms with Gasteiger partial charge in [0.15, 0.2) is 0 Å². The highest BCUT2D eigenvalue weighted by molar-refractivity contribution is 5.48. The molecule has 0 aliphatic heterocycles. The second-order valence-corrected chi connectivity index (χ2v) is 5.68. The largest absolute Gasteiger partial charge is 0.369 e. The van der Waals surface area contributed by atoms with E-state index in [4.69, 9.17) is 5.73 Å². The van der Waals surface area contributed by atoms with E-state index >= 15 is 0 Å². The molecule has 0 heterocycles. The normalized spacial score (nSPS) is 23.3. The van der Waals surface area contributed by atoms with Crippen LogP contribution < -0.4 is 10.6 Å². The highest BCUT2D eigenvalue weighted by atomic mass is 15.2. The topological polar surface area (TPSA) is 29.3 Å². The van der Waals surface area contributed by atoms with Crippen LogP contribution in [0.5, 0.6) is 0 Å². The van der Waals surface area contributed by atoms with Crippen molar-refractivity contribution in [3.63, 3.8) is 0 Å². The first-order chi connectivity index (χ1) is 9.30. The molecule has 1 aromatic rings. The van der Waals surface area contributed by atoms with Gasteiger partial charge >= 0.3 is 0 Å². The summed E-state index contributed by atoms with van der Waals surface area (Å²) < 4.78 is 0. The van der Waals surface area contributed by atoms with Gasteiger partial charge in [-0.1, -0.05) is 38.3 Å². The van der Waals surface area contributed by atoms with Crippen LogP contribution in [0.2, 0.25) is 0 Å². The van der Waals surface area contributed by atoms with Crippen LogP contribution in [-0.2, 0) is 6.54 Å². The van der Waals surface area contributed by atoms with Crippen molar-refractivity contribution in [3.05, 3.63) is 29.8 Å². The molecule has 0 saturated heterocycles. The Morgan fingerprint density at radius 2 is 1.79 bits per heavy atom. The van der Waals surface area contributed by atoms with Crippen LogP contribution >= 0.6 is 0 Å². The minimum atomic E-state index is 0.632. The van der Waals surface area contributed by atoms with E-state index in [0.717, 1.165) is 18.5 Å². The molecule has 2 nitrogen and oxygen atoms in total. The zero-order valence-electron chi connectivity index (χ0n) is 12.4. The molecule has 2 atom stereocenters. The minimum absolute atomic E-state index is 0.632. The molecule has 2 heteroatoms. The highest BCUT2D eigenvalue weighted by Gasteiger charge is 2.28. The number of benzene rings is 1. The molecule has 19 heavy (non-hydrogen) atoms. The quantitative estimate of drug-likeness (QED) is 0.869. The molecule has 1 aliphatic rings. The molecule has 0 aromatic heterocycles. The number of hydrogen-bond acceptors (Lipinski definition) is 2. The lowest BCUT2D eigenvalue weighted by Crippen LogP contribution is -2.42. The fraction of sp³-hybridized carbons (Fsp3) is 0.647. The van der Waals surface area contributed by atoms with Gasteiger partial charge in [-0.05, 0) is 43.4 Å². The molecule has 1 aromatic carbocycles. The summed E-state index contributed by atoms with van der Waals surface area (Å²) in [4.78, 5) is 2.60. The summed E-state index contributed by atoms with van der Waals surface area (Å²) in [5.41, 5.74) is 8.27. The highest BCUT2D eigenvalue weighted by Crippen LogP contribution is 2.33. The predicted molar refractivity (Wildman–Crippen MR) is 83.4 cm³/mol. The Morgan fingerprint density at radius 3 is 2.37 bits per heavy atom. The summed E-state index contributed by atoms with van der Waals surface area (Å²) in [5.74, 6) is 0.864. The molecule has 0 amide bonds. The third kappa shape index (κ3) is 3.30. The van der Waals surface area contributed by atoms with Gasteiger partial charge in [0.2, 0.25) is 0 Å². The third-order valence-corrected chi connectivity index (χ3v) is 4.64. The Labute approximate surface area is 118 Å².